The Labute approximate surface area is 217 Å². The molecule has 0 amide bonds. The van der Waals surface area contributed by atoms with Gasteiger partial charge < -0.3 is 14.9 Å². The van der Waals surface area contributed by atoms with Gasteiger partial charge in [-0.2, -0.15) is 0 Å². The van der Waals surface area contributed by atoms with Gasteiger partial charge in [-0.1, -0.05) is 52.8 Å². The summed E-state index contributed by atoms with van der Waals surface area (Å²) in [6.07, 6.45) is 3.89. The number of hydrogen-bond acceptors (Lipinski definition) is 7. The molecule has 2 N–H and O–H groups in total. The minimum atomic E-state index is -1.22. The molecule has 0 saturated heterocycles. The Balaban J connectivity index is 1.65. The molecule has 6 nitrogen and oxygen atoms in total. The summed E-state index contributed by atoms with van der Waals surface area (Å²) >= 11 is 1.63. The summed E-state index contributed by atoms with van der Waals surface area (Å²) in [6, 6.07) is 6.04. The van der Waals surface area contributed by atoms with Gasteiger partial charge in [-0.3, -0.25) is 9.59 Å². The molecule has 4 rings (SSSR count). The second kappa shape index (κ2) is 9.99. The molecule has 0 spiro atoms. The summed E-state index contributed by atoms with van der Waals surface area (Å²) < 4.78 is 7.09. The third kappa shape index (κ3) is 5.43. The van der Waals surface area contributed by atoms with Gasteiger partial charge in [0.2, 0.25) is 0 Å². The smallest absolute Gasteiger partial charge is 0.309 e. The number of ketones is 1. The number of nitrogens with zero attached hydrogens (tertiary/aromatic N) is 1. The lowest BCUT2D eigenvalue weighted by Crippen LogP contribution is -2.45. The van der Waals surface area contributed by atoms with Gasteiger partial charge in [-0.05, 0) is 55.2 Å². The van der Waals surface area contributed by atoms with Gasteiger partial charge in [0.15, 0.2) is 0 Å². The zero-order chi connectivity index (χ0) is 26.4. The molecule has 1 saturated carbocycles. The van der Waals surface area contributed by atoms with Crippen LogP contribution in [0.15, 0.2) is 30.4 Å². The van der Waals surface area contributed by atoms with Crippen LogP contribution in [0.3, 0.4) is 0 Å². The molecule has 1 fully saturated rings. The molecular weight excluding hydrogens is 474 g/mol. The fourth-order valence-corrected chi connectivity index (χ4v) is 6.35. The van der Waals surface area contributed by atoms with E-state index in [1.807, 2.05) is 38.1 Å². The van der Waals surface area contributed by atoms with Crippen molar-refractivity contribution in [3.63, 3.8) is 0 Å². The van der Waals surface area contributed by atoms with Crippen LogP contribution in [-0.2, 0) is 14.3 Å². The van der Waals surface area contributed by atoms with Crippen LogP contribution in [0.2, 0.25) is 0 Å². The van der Waals surface area contributed by atoms with Gasteiger partial charge in [0, 0.05) is 11.8 Å². The minimum absolute atomic E-state index is 0.104. The Morgan fingerprint density at radius 2 is 1.86 bits per heavy atom. The Hall–Kier alpha value is -2.09. The van der Waals surface area contributed by atoms with Gasteiger partial charge in [0.25, 0.3) is 0 Å². The fraction of sp³-hybridized carbons (Fsp3) is 0.621. The highest BCUT2D eigenvalue weighted by atomic mass is 32.1. The van der Waals surface area contributed by atoms with E-state index in [4.69, 9.17) is 4.74 Å². The Bertz CT molecular complexity index is 1170. The number of hydrogen-bond donors (Lipinski definition) is 2. The lowest BCUT2D eigenvalue weighted by molar-refractivity contribution is -0.156. The molecule has 1 aliphatic heterocycles. The van der Waals surface area contributed by atoms with Gasteiger partial charge in [-0.25, -0.2) is 4.98 Å². The molecule has 2 aromatic rings. The van der Waals surface area contributed by atoms with E-state index >= 15 is 0 Å². The number of esters is 1. The molecule has 36 heavy (non-hydrogen) atoms. The van der Waals surface area contributed by atoms with Crippen molar-refractivity contribution < 1.29 is 24.5 Å². The number of cyclic esters (lactones) is 1. The predicted molar refractivity (Wildman–Crippen MR) is 142 cm³/mol. The molecule has 196 valence electrons. The van der Waals surface area contributed by atoms with Crippen LogP contribution < -0.4 is 0 Å². The third-order valence-electron chi connectivity index (χ3n) is 8.52. The van der Waals surface area contributed by atoms with Crippen LogP contribution >= 0.6 is 11.3 Å². The summed E-state index contributed by atoms with van der Waals surface area (Å²) in [5.74, 6) is -1.28. The maximum absolute atomic E-state index is 13.3. The average molecular weight is 514 g/mol. The largest absolute Gasteiger partial charge is 0.457 e. The van der Waals surface area contributed by atoms with E-state index in [0.29, 0.717) is 12.3 Å². The van der Waals surface area contributed by atoms with E-state index in [2.05, 4.69) is 18.0 Å². The number of aromatic nitrogens is 1. The van der Waals surface area contributed by atoms with Crippen molar-refractivity contribution in [3.05, 3.63) is 40.9 Å². The highest BCUT2D eigenvalue weighted by Crippen LogP contribution is 2.59. The van der Waals surface area contributed by atoms with Crippen LogP contribution in [0.25, 0.3) is 10.2 Å². The number of Topliss-reactive ketones (excluding diaryl/α,β-unsaturated/α-hetero) is 1. The Morgan fingerprint density at radius 3 is 2.58 bits per heavy atom. The maximum atomic E-state index is 13.3. The first-order valence-corrected chi connectivity index (χ1v) is 13.8. The number of rotatable bonds is 1. The summed E-state index contributed by atoms with van der Waals surface area (Å²) in [7, 11) is 0. The standard InChI is InChI=1S/C29H39NO5S/c1-16-8-7-11-29(6)15-20(29)13-22(19-9-10-23-21(12-19)30-18(3)36-23)35-25(32)14-24(31)28(4,5)27(34)17(2)26(16)33/h7-10,12,16-17,20,22,24,26,31,33H,11,13-15H2,1-6H3/b8-7+/t16-,17+,20?,22-,24-,26-,29?/m0/s1. The van der Waals surface area contributed by atoms with Gasteiger partial charge >= 0.3 is 5.97 Å². The van der Waals surface area contributed by atoms with Crippen LogP contribution in [0.5, 0.6) is 0 Å². The first kappa shape index (κ1) is 27.0. The van der Waals surface area contributed by atoms with Crippen molar-refractivity contribution in [2.45, 2.75) is 85.5 Å². The fourth-order valence-electron chi connectivity index (χ4n) is 5.54. The average Bonchev–Trinajstić information content (AvgIpc) is 3.28. The topological polar surface area (TPSA) is 96.7 Å². The van der Waals surface area contributed by atoms with Crippen molar-refractivity contribution in [1.29, 1.82) is 0 Å². The van der Waals surface area contributed by atoms with E-state index in [9.17, 15) is 19.8 Å². The number of carbonyl (C=O) groups excluding carboxylic acids is 2. The number of fused-ring (bicyclic) bond motifs is 2. The molecule has 1 aliphatic carbocycles. The van der Waals surface area contributed by atoms with Crippen molar-refractivity contribution in [2.75, 3.05) is 0 Å². The Kier molecular flexibility index (Phi) is 7.48. The molecule has 1 aromatic carbocycles. The number of benzene rings is 1. The first-order chi connectivity index (χ1) is 16.8. The quantitative estimate of drug-likeness (QED) is 0.384. The SMILES string of the molecule is Cc1nc2cc([C@@H]3CC4CC4(C)C/C=C/[C@H](C)[C@H](O)[C@@H](C)C(=O)C(C)(C)[C@@H](O)CC(=O)O3)ccc2s1. The molecule has 2 heterocycles. The van der Waals surface area contributed by atoms with E-state index < -0.39 is 35.6 Å². The van der Waals surface area contributed by atoms with Gasteiger partial charge in [0.05, 0.1) is 39.3 Å². The van der Waals surface area contributed by atoms with Crippen LogP contribution in [0.4, 0.5) is 0 Å². The predicted octanol–water partition coefficient (Wildman–Crippen LogP) is 5.54. The lowest BCUT2D eigenvalue weighted by atomic mass is 9.73. The monoisotopic (exact) mass is 513 g/mol. The number of aliphatic hydroxyl groups is 2. The van der Waals surface area contributed by atoms with E-state index in [1.54, 1.807) is 32.1 Å². The summed E-state index contributed by atoms with van der Waals surface area (Å²) in [5, 5.41) is 22.7. The summed E-state index contributed by atoms with van der Waals surface area (Å²) in [5.41, 5.74) is 0.699. The van der Waals surface area contributed by atoms with Gasteiger partial charge in [0.1, 0.15) is 11.9 Å². The molecule has 2 aliphatic rings. The molecule has 7 atom stereocenters. The summed E-state index contributed by atoms with van der Waals surface area (Å²) in [4.78, 5) is 30.9. The van der Waals surface area contributed by atoms with E-state index in [0.717, 1.165) is 33.6 Å². The molecular formula is C29H39NO5S. The Morgan fingerprint density at radius 1 is 1.14 bits per heavy atom. The van der Waals surface area contributed by atoms with Crippen LogP contribution in [0.1, 0.15) is 77.0 Å². The zero-order valence-electron chi connectivity index (χ0n) is 22.2. The second-order valence-corrected chi connectivity index (χ2v) is 13.0. The number of aryl methyl sites for hydroxylation is 1. The maximum Gasteiger partial charge on any atom is 0.309 e. The van der Waals surface area contributed by atoms with E-state index in [1.165, 1.54) is 0 Å². The minimum Gasteiger partial charge on any atom is -0.457 e. The number of carbonyl (C=O) groups is 2. The van der Waals surface area contributed by atoms with Crippen molar-refractivity contribution >= 4 is 33.3 Å². The number of aliphatic hydroxyl groups excluding tert-OH is 2. The molecule has 2 unspecified atom stereocenters. The normalized spacial score (nSPS) is 36.8. The number of allylic oxidation sites excluding steroid dienone is 1. The highest BCUT2D eigenvalue weighted by molar-refractivity contribution is 7.18. The molecule has 1 aromatic heterocycles. The third-order valence-corrected chi connectivity index (χ3v) is 9.47. The van der Waals surface area contributed by atoms with Crippen LogP contribution in [-0.4, -0.2) is 39.2 Å². The highest BCUT2D eigenvalue weighted by Gasteiger charge is 2.50. The van der Waals surface area contributed by atoms with Crippen LogP contribution in [0, 0.1) is 35.5 Å². The molecule has 0 bridgehead atoms. The lowest BCUT2D eigenvalue weighted by Gasteiger charge is -2.34. The number of thiazole rings is 1. The molecule has 0 radical (unpaired) electrons. The zero-order valence-corrected chi connectivity index (χ0v) is 23.0. The van der Waals surface area contributed by atoms with Gasteiger partial charge in [-0.15, -0.1) is 11.3 Å². The van der Waals surface area contributed by atoms with Crippen molar-refractivity contribution in [3.8, 4) is 0 Å². The van der Waals surface area contributed by atoms with Crippen molar-refractivity contribution in [1.82, 2.24) is 4.98 Å². The first-order valence-electron chi connectivity index (χ1n) is 13.0. The van der Waals surface area contributed by atoms with Crippen molar-refractivity contribution in [2.24, 2.45) is 28.6 Å². The molecule has 7 heteroatoms. The van der Waals surface area contributed by atoms with E-state index in [-0.39, 0.29) is 23.5 Å². The number of ether oxygens (including phenoxy) is 1. The summed E-state index contributed by atoms with van der Waals surface area (Å²) in [6.45, 7) is 11.1. The second-order valence-electron chi connectivity index (χ2n) is 11.8.